The molecule has 7 nitrogen and oxygen atoms in total. The van der Waals surface area contributed by atoms with Crippen LogP contribution < -0.4 is 15.6 Å². The zero-order valence-corrected chi connectivity index (χ0v) is 21.2. The van der Waals surface area contributed by atoms with Crippen LogP contribution in [-0.2, 0) is 5.75 Å². The van der Waals surface area contributed by atoms with Crippen LogP contribution in [-0.4, -0.2) is 23.0 Å². The van der Waals surface area contributed by atoms with Gasteiger partial charge in [0.2, 0.25) is 0 Å². The van der Waals surface area contributed by atoms with Crippen LogP contribution in [0, 0.1) is 11.3 Å². The van der Waals surface area contributed by atoms with Gasteiger partial charge in [-0.05, 0) is 48.0 Å². The van der Waals surface area contributed by atoms with Crippen molar-refractivity contribution in [2.24, 2.45) is 0 Å². The first-order valence-corrected chi connectivity index (χ1v) is 12.3. The molecule has 0 bridgehead atoms. The largest absolute Gasteiger partial charge is 0.497 e. The Morgan fingerprint density at radius 3 is 2.58 bits per heavy atom. The lowest BCUT2D eigenvalue weighted by molar-refractivity contribution is 0.102. The molecular weight excluding hydrogens is 519 g/mol. The molecule has 0 saturated carbocycles. The normalized spacial score (nSPS) is 10.5. The van der Waals surface area contributed by atoms with E-state index >= 15 is 0 Å². The van der Waals surface area contributed by atoms with Crippen LogP contribution in [0.25, 0.3) is 11.3 Å². The Labute approximate surface area is 221 Å². The van der Waals surface area contributed by atoms with Gasteiger partial charge < -0.3 is 15.0 Å². The van der Waals surface area contributed by atoms with E-state index in [2.05, 4.69) is 15.3 Å². The molecule has 0 atom stereocenters. The highest BCUT2D eigenvalue weighted by Gasteiger charge is 2.15. The maximum absolute atomic E-state index is 12.6. The number of benzene rings is 3. The fourth-order valence-electron chi connectivity index (χ4n) is 3.38. The Morgan fingerprint density at radius 2 is 1.86 bits per heavy atom. The van der Waals surface area contributed by atoms with Gasteiger partial charge in [0.15, 0.2) is 5.16 Å². The zero-order valence-electron chi connectivity index (χ0n) is 18.8. The molecule has 0 radical (unpaired) electrons. The Bertz CT molecular complexity index is 1530. The SMILES string of the molecule is COc1cccc(-c2nc(SCc3cccc(NC(=O)c4cc(Cl)cc(Cl)c4)c3)[nH]c(=O)c2C#N)c1. The molecule has 1 heterocycles. The second-order valence-corrected chi connectivity index (χ2v) is 9.38. The van der Waals surface area contributed by atoms with E-state index < -0.39 is 5.56 Å². The molecule has 0 aliphatic carbocycles. The highest BCUT2D eigenvalue weighted by Crippen LogP contribution is 2.27. The summed E-state index contributed by atoms with van der Waals surface area (Å²) in [6.45, 7) is 0. The van der Waals surface area contributed by atoms with Gasteiger partial charge in [0.1, 0.15) is 17.4 Å². The Balaban J connectivity index is 1.53. The summed E-state index contributed by atoms with van der Waals surface area (Å²) in [4.78, 5) is 32.4. The van der Waals surface area contributed by atoms with E-state index in [9.17, 15) is 14.9 Å². The Hall–Kier alpha value is -3.77. The van der Waals surface area contributed by atoms with Crippen LogP contribution in [0.4, 0.5) is 5.69 Å². The van der Waals surface area contributed by atoms with Crippen LogP contribution in [0.15, 0.2) is 76.7 Å². The standard InChI is InChI=1S/C26H18Cl2N4O3S/c1-35-21-7-3-5-16(11-21)23-22(13-29)25(34)32-26(31-23)36-14-15-4-2-6-20(8-15)30-24(33)17-9-18(27)12-19(28)10-17/h2-12H,14H2,1H3,(H,30,33)(H,31,32,34). The number of thioether (sulfide) groups is 1. The number of rotatable bonds is 7. The van der Waals surface area contributed by atoms with Gasteiger partial charge in [-0.1, -0.05) is 59.2 Å². The number of aromatic amines is 1. The van der Waals surface area contributed by atoms with E-state index in [0.29, 0.717) is 43.5 Å². The molecule has 0 spiro atoms. The number of halogens is 2. The quantitative estimate of drug-likeness (QED) is 0.216. The summed E-state index contributed by atoms with van der Waals surface area (Å²) < 4.78 is 5.25. The number of anilines is 1. The van der Waals surface area contributed by atoms with Crippen LogP contribution in [0.3, 0.4) is 0 Å². The summed E-state index contributed by atoms with van der Waals surface area (Å²) in [6, 6.07) is 20.9. The van der Waals surface area contributed by atoms with Crippen molar-refractivity contribution in [2.45, 2.75) is 10.9 Å². The molecule has 3 aromatic carbocycles. The molecule has 0 fully saturated rings. The predicted octanol–water partition coefficient (Wildman–Crippen LogP) is 6.17. The monoisotopic (exact) mass is 536 g/mol. The van der Waals surface area contributed by atoms with E-state index in [0.717, 1.165) is 5.56 Å². The number of carbonyl (C=O) groups is 1. The lowest BCUT2D eigenvalue weighted by atomic mass is 10.1. The number of amides is 1. The second-order valence-electron chi connectivity index (χ2n) is 7.54. The maximum Gasteiger partial charge on any atom is 0.270 e. The van der Waals surface area contributed by atoms with Crippen LogP contribution >= 0.6 is 35.0 Å². The molecule has 0 unspecified atom stereocenters. The summed E-state index contributed by atoms with van der Waals surface area (Å²) >= 11 is 13.3. The van der Waals surface area contributed by atoms with Crippen molar-refractivity contribution >= 4 is 46.6 Å². The lowest BCUT2D eigenvalue weighted by Crippen LogP contribution is -2.14. The van der Waals surface area contributed by atoms with Crippen molar-refractivity contribution < 1.29 is 9.53 Å². The van der Waals surface area contributed by atoms with E-state index in [-0.39, 0.29) is 17.2 Å². The van der Waals surface area contributed by atoms with Gasteiger partial charge >= 0.3 is 0 Å². The summed E-state index contributed by atoms with van der Waals surface area (Å²) in [5.74, 6) is 0.704. The Kier molecular flexibility index (Phi) is 7.96. The van der Waals surface area contributed by atoms with Crippen LogP contribution in [0.5, 0.6) is 5.75 Å². The smallest absolute Gasteiger partial charge is 0.270 e. The number of nitrogens with zero attached hydrogens (tertiary/aromatic N) is 2. The van der Waals surface area contributed by atoms with E-state index in [4.69, 9.17) is 27.9 Å². The summed E-state index contributed by atoms with van der Waals surface area (Å²) in [6.07, 6.45) is 0. The van der Waals surface area contributed by atoms with E-state index in [1.165, 1.54) is 31.0 Å². The number of nitriles is 1. The number of nitrogens with one attached hydrogen (secondary N) is 2. The molecule has 0 aliphatic rings. The first-order chi connectivity index (χ1) is 17.4. The minimum Gasteiger partial charge on any atom is -0.497 e. The third-order valence-electron chi connectivity index (χ3n) is 5.04. The second kappa shape index (κ2) is 11.3. The molecular formula is C26H18Cl2N4O3S. The third-order valence-corrected chi connectivity index (χ3v) is 6.42. The topological polar surface area (TPSA) is 108 Å². The molecule has 10 heteroatoms. The molecule has 4 aromatic rings. The van der Waals surface area contributed by atoms with Gasteiger partial charge in [0.25, 0.3) is 11.5 Å². The number of H-pyrrole nitrogens is 1. The van der Waals surface area contributed by atoms with E-state index in [1.807, 2.05) is 24.3 Å². The van der Waals surface area contributed by atoms with Crippen LogP contribution in [0.1, 0.15) is 21.5 Å². The minimum atomic E-state index is -0.519. The number of carbonyl (C=O) groups excluding carboxylic acids is 1. The first kappa shape index (κ1) is 25.3. The van der Waals surface area contributed by atoms with E-state index in [1.54, 1.807) is 36.4 Å². The van der Waals surface area contributed by atoms with Gasteiger partial charge in [-0.2, -0.15) is 5.26 Å². The van der Waals surface area contributed by atoms with Gasteiger partial charge in [0, 0.05) is 32.6 Å². The number of aromatic nitrogens is 2. The minimum absolute atomic E-state index is 0.0709. The van der Waals surface area contributed by atoms with Crippen LogP contribution in [0.2, 0.25) is 10.0 Å². The van der Waals surface area contributed by atoms with Crippen molar-refractivity contribution in [3.63, 3.8) is 0 Å². The lowest BCUT2D eigenvalue weighted by Gasteiger charge is -2.09. The van der Waals surface area contributed by atoms with Gasteiger partial charge in [-0.3, -0.25) is 9.59 Å². The number of hydrogen-bond donors (Lipinski definition) is 2. The fourth-order valence-corrected chi connectivity index (χ4v) is 4.71. The zero-order chi connectivity index (χ0) is 25.7. The first-order valence-electron chi connectivity index (χ1n) is 10.5. The summed E-state index contributed by atoms with van der Waals surface area (Å²) in [5.41, 5.74) is 2.11. The molecule has 0 saturated heterocycles. The van der Waals surface area contributed by atoms with Gasteiger partial charge in [-0.15, -0.1) is 0 Å². The molecule has 0 aliphatic heterocycles. The molecule has 1 aromatic heterocycles. The molecule has 180 valence electrons. The number of ether oxygens (including phenoxy) is 1. The average Bonchev–Trinajstić information content (AvgIpc) is 2.87. The Morgan fingerprint density at radius 1 is 1.11 bits per heavy atom. The highest BCUT2D eigenvalue weighted by molar-refractivity contribution is 7.98. The predicted molar refractivity (Wildman–Crippen MR) is 142 cm³/mol. The molecule has 4 rings (SSSR count). The highest BCUT2D eigenvalue weighted by atomic mass is 35.5. The molecule has 36 heavy (non-hydrogen) atoms. The summed E-state index contributed by atoms with van der Waals surface area (Å²) in [7, 11) is 1.54. The number of methoxy groups -OCH3 is 1. The fraction of sp³-hybridized carbons (Fsp3) is 0.0769. The average molecular weight is 537 g/mol. The summed E-state index contributed by atoms with van der Waals surface area (Å²) in [5, 5.41) is 13.4. The molecule has 2 N–H and O–H groups in total. The van der Waals surface area contributed by atoms with Gasteiger partial charge in [-0.25, -0.2) is 4.98 Å². The molecule has 1 amide bonds. The van der Waals surface area contributed by atoms with Crippen molar-refractivity contribution in [3.8, 4) is 23.1 Å². The van der Waals surface area contributed by atoms with Crippen molar-refractivity contribution in [2.75, 3.05) is 12.4 Å². The van der Waals surface area contributed by atoms with Crippen molar-refractivity contribution in [1.29, 1.82) is 5.26 Å². The number of hydrogen-bond acceptors (Lipinski definition) is 6. The maximum atomic E-state index is 12.6. The van der Waals surface area contributed by atoms with Gasteiger partial charge in [0.05, 0.1) is 12.8 Å². The third kappa shape index (κ3) is 6.07. The van der Waals surface area contributed by atoms with Crippen molar-refractivity contribution in [3.05, 3.63) is 104 Å². The van der Waals surface area contributed by atoms with Crippen molar-refractivity contribution in [1.82, 2.24) is 9.97 Å².